The number of benzene rings is 1. The second-order valence-electron chi connectivity index (χ2n) is 5.73. The lowest BCUT2D eigenvalue weighted by molar-refractivity contribution is 0.0569. The molecule has 0 spiro atoms. The molecule has 3 heterocycles. The molecule has 8 heteroatoms. The van der Waals surface area contributed by atoms with Crippen molar-refractivity contribution >= 4 is 29.1 Å². The number of rotatable bonds is 3. The summed E-state index contributed by atoms with van der Waals surface area (Å²) in [6.07, 6.45) is 3.36. The maximum Gasteiger partial charge on any atom is 0.255 e. The molecule has 1 aromatic carbocycles. The van der Waals surface area contributed by atoms with E-state index in [1.165, 1.54) is 0 Å². The van der Waals surface area contributed by atoms with Gasteiger partial charge in [0.1, 0.15) is 0 Å². The molecule has 0 N–H and O–H groups in total. The molecule has 0 atom stereocenters. The van der Waals surface area contributed by atoms with Gasteiger partial charge < -0.3 is 9.42 Å². The van der Waals surface area contributed by atoms with Crippen molar-refractivity contribution in [2.75, 3.05) is 13.1 Å². The van der Waals surface area contributed by atoms with Gasteiger partial charge in [-0.3, -0.25) is 9.78 Å². The van der Waals surface area contributed by atoms with Gasteiger partial charge in [-0.15, -0.1) is 0 Å². The van der Waals surface area contributed by atoms with E-state index in [9.17, 15) is 4.79 Å². The van der Waals surface area contributed by atoms with E-state index in [0.29, 0.717) is 40.4 Å². The van der Waals surface area contributed by atoms with E-state index in [1.807, 2.05) is 12.1 Å². The summed E-state index contributed by atoms with van der Waals surface area (Å²) >= 11 is 12.0. The molecular weight excluding hydrogens is 363 g/mol. The maximum absolute atomic E-state index is 12.5. The minimum atomic E-state index is -0.134. The number of pyridine rings is 1. The third-order valence-electron chi connectivity index (χ3n) is 4.04. The van der Waals surface area contributed by atoms with Crippen molar-refractivity contribution < 1.29 is 9.32 Å². The Morgan fingerprint density at radius 2 is 2.08 bits per heavy atom. The smallest absolute Gasteiger partial charge is 0.255 e. The summed E-state index contributed by atoms with van der Waals surface area (Å²) in [6.45, 7) is 1.01. The van der Waals surface area contributed by atoms with E-state index in [-0.39, 0.29) is 11.8 Å². The molecule has 126 valence electrons. The van der Waals surface area contributed by atoms with E-state index in [0.717, 1.165) is 5.56 Å². The minimum absolute atomic E-state index is 0.0212. The van der Waals surface area contributed by atoms with Gasteiger partial charge in [0.25, 0.3) is 5.91 Å². The first-order chi connectivity index (χ1) is 12.1. The lowest BCUT2D eigenvalue weighted by atomic mass is 9.98. The van der Waals surface area contributed by atoms with Crippen molar-refractivity contribution in [1.82, 2.24) is 20.0 Å². The molecule has 1 amide bonds. The van der Waals surface area contributed by atoms with Crippen molar-refractivity contribution in [2.45, 2.75) is 5.92 Å². The summed E-state index contributed by atoms with van der Waals surface area (Å²) in [7, 11) is 0. The Kier molecular flexibility index (Phi) is 4.15. The minimum Gasteiger partial charge on any atom is -0.339 e. The van der Waals surface area contributed by atoms with Crippen LogP contribution in [0.1, 0.15) is 22.2 Å². The molecule has 0 bridgehead atoms. The average molecular weight is 375 g/mol. The highest BCUT2D eigenvalue weighted by Crippen LogP contribution is 2.30. The molecule has 0 saturated carbocycles. The van der Waals surface area contributed by atoms with Gasteiger partial charge in [-0.05, 0) is 30.3 Å². The normalized spacial score (nSPS) is 14.4. The molecule has 1 aliphatic rings. The summed E-state index contributed by atoms with van der Waals surface area (Å²) in [5.41, 5.74) is 1.23. The third-order valence-corrected chi connectivity index (χ3v) is 4.59. The van der Waals surface area contributed by atoms with Crippen molar-refractivity contribution in [3.63, 3.8) is 0 Å². The predicted octanol–water partition coefficient (Wildman–Crippen LogP) is 3.68. The number of amides is 1. The van der Waals surface area contributed by atoms with Gasteiger partial charge in [0.15, 0.2) is 0 Å². The topological polar surface area (TPSA) is 72.1 Å². The standard InChI is InChI=1S/C17H12Cl2N4O2/c18-12-3-4-13(14(19)6-12)17(24)23-8-11(9-23)16-21-15(22-25-16)10-2-1-5-20-7-10/h1-7,11H,8-9H2. The molecule has 0 unspecified atom stereocenters. The Hall–Kier alpha value is -2.44. The zero-order valence-corrected chi connectivity index (χ0v) is 14.4. The fraction of sp³-hybridized carbons (Fsp3) is 0.176. The van der Waals surface area contributed by atoms with Crippen molar-refractivity contribution in [3.8, 4) is 11.4 Å². The van der Waals surface area contributed by atoms with Gasteiger partial charge in [-0.2, -0.15) is 4.98 Å². The highest BCUT2D eigenvalue weighted by Gasteiger charge is 2.36. The number of likely N-dealkylation sites (tertiary alicyclic amines) is 1. The van der Waals surface area contributed by atoms with E-state index < -0.39 is 0 Å². The Labute approximate surface area is 153 Å². The van der Waals surface area contributed by atoms with Crippen LogP contribution in [0.2, 0.25) is 10.0 Å². The summed E-state index contributed by atoms with van der Waals surface area (Å²) in [5, 5.41) is 4.82. The molecule has 1 saturated heterocycles. The van der Waals surface area contributed by atoms with E-state index in [2.05, 4.69) is 15.1 Å². The Balaban J connectivity index is 1.44. The second kappa shape index (κ2) is 6.46. The van der Waals surface area contributed by atoms with Gasteiger partial charge in [0, 0.05) is 36.1 Å². The SMILES string of the molecule is O=C(c1ccc(Cl)cc1Cl)N1CC(c2nc(-c3cccnc3)no2)C1. The molecule has 6 nitrogen and oxygen atoms in total. The fourth-order valence-electron chi connectivity index (χ4n) is 2.65. The van der Waals surface area contributed by atoms with Crippen LogP contribution in [-0.2, 0) is 0 Å². The van der Waals surface area contributed by atoms with Crippen molar-refractivity contribution in [2.24, 2.45) is 0 Å². The van der Waals surface area contributed by atoms with Crippen LogP contribution in [0.15, 0.2) is 47.2 Å². The molecule has 0 aliphatic carbocycles. The zero-order valence-electron chi connectivity index (χ0n) is 12.9. The number of carbonyl (C=O) groups excluding carboxylic acids is 1. The van der Waals surface area contributed by atoms with Crippen molar-refractivity contribution in [3.05, 3.63) is 64.2 Å². The largest absolute Gasteiger partial charge is 0.339 e. The van der Waals surface area contributed by atoms with Gasteiger partial charge in [0.2, 0.25) is 11.7 Å². The second-order valence-corrected chi connectivity index (χ2v) is 6.57. The van der Waals surface area contributed by atoms with Crippen LogP contribution in [-0.4, -0.2) is 39.0 Å². The molecule has 2 aromatic heterocycles. The van der Waals surface area contributed by atoms with E-state index in [4.69, 9.17) is 27.7 Å². The fourth-order valence-corrected chi connectivity index (χ4v) is 3.14. The molecule has 3 aromatic rings. The average Bonchev–Trinajstić information content (AvgIpc) is 3.04. The van der Waals surface area contributed by atoms with Crippen LogP contribution in [0.4, 0.5) is 0 Å². The van der Waals surface area contributed by atoms with E-state index >= 15 is 0 Å². The Morgan fingerprint density at radius 3 is 2.80 bits per heavy atom. The summed E-state index contributed by atoms with van der Waals surface area (Å²) in [4.78, 5) is 22.6. The van der Waals surface area contributed by atoms with E-state index in [1.54, 1.807) is 35.5 Å². The van der Waals surface area contributed by atoms with Gasteiger partial charge >= 0.3 is 0 Å². The molecule has 0 radical (unpaired) electrons. The molecule has 4 rings (SSSR count). The number of carbonyl (C=O) groups is 1. The van der Waals surface area contributed by atoms with Crippen LogP contribution >= 0.6 is 23.2 Å². The molecular formula is C17H12Cl2N4O2. The van der Waals surface area contributed by atoms with Crippen LogP contribution in [0.25, 0.3) is 11.4 Å². The summed E-state index contributed by atoms with van der Waals surface area (Å²) < 4.78 is 5.33. The maximum atomic E-state index is 12.5. The lowest BCUT2D eigenvalue weighted by Crippen LogP contribution is -2.48. The van der Waals surface area contributed by atoms with Crippen LogP contribution in [0, 0.1) is 0 Å². The monoisotopic (exact) mass is 374 g/mol. The third kappa shape index (κ3) is 3.10. The first-order valence-corrected chi connectivity index (χ1v) is 8.36. The van der Waals surface area contributed by atoms with Gasteiger partial charge in [-0.1, -0.05) is 28.4 Å². The molecule has 25 heavy (non-hydrogen) atoms. The quantitative estimate of drug-likeness (QED) is 0.698. The number of halogens is 2. The first-order valence-electron chi connectivity index (χ1n) is 7.60. The predicted molar refractivity (Wildman–Crippen MR) is 92.6 cm³/mol. The molecule has 1 aliphatic heterocycles. The number of hydrogen-bond acceptors (Lipinski definition) is 5. The zero-order chi connectivity index (χ0) is 17.4. The number of hydrogen-bond donors (Lipinski definition) is 0. The lowest BCUT2D eigenvalue weighted by Gasteiger charge is -2.37. The summed E-state index contributed by atoms with van der Waals surface area (Å²) in [5.74, 6) is 0.900. The van der Waals surface area contributed by atoms with Gasteiger partial charge in [-0.25, -0.2) is 0 Å². The van der Waals surface area contributed by atoms with Crippen LogP contribution in [0.5, 0.6) is 0 Å². The Bertz CT molecular complexity index is 923. The highest BCUT2D eigenvalue weighted by atomic mass is 35.5. The molecule has 1 fully saturated rings. The van der Waals surface area contributed by atoms with Gasteiger partial charge in [0.05, 0.1) is 16.5 Å². The van der Waals surface area contributed by atoms with Crippen LogP contribution in [0.3, 0.4) is 0 Å². The van der Waals surface area contributed by atoms with Crippen molar-refractivity contribution in [1.29, 1.82) is 0 Å². The summed E-state index contributed by atoms with van der Waals surface area (Å²) in [6, 6.07) is 8.52. The number of aromatic nitrogens is 3. The Morgan fingerprint density at radius 1 is 1.24 bits per heavy atom. The van der Waals surface area contributed by atoms with Crippen LogP contribution < -0.4 is 0 Å². The number of nitrogens with zero attached hydrogens (tertiary/aromatic N) is 4. The highest BCUT2D eigenvalue weighted by molar-refractivity contribution is 6.36. The first kappa shape index (κ1) is 16.1.